The van der Waals surface area contributed by atoms with Crippen LogP contribution in [0, 0.1) is 0 Å². The van der Waals surface area contributed by atoms with E-state index in [0.29, 0.717) is 0 Å². The van der Waals surface area contributed by atoms with Crippen LogP contribution in [-0.4, -0.2) is 71.5 Å². The molecule has 1 amide bonds. The van der Waals surface area contributed by atoms with Crippen LogP contribution in [0.25, 0.3) is 0 Å². The number of carbonyl (C=O) groups is 1. The molecule has 7 heteroatoms. The number of carbonyl (C=O) groups excluding carboxylic acids is 1. The highest BCUT2D eigenvalue weighted by Crippen LogP contribution is 2.17. The quantitative estimate of drug-likeness (QED) is 0.731. The molecule has 0 N–H and O–H groups in total. The molecule has 0 atom stereocenters. The molecule has 0 aromatic rings. The summed E-state index contributed by atoms with van der Waals surface area (Å²) >= 11 is 7.13. The zero-order valence-electron chi connectivity index (χ0n) is 11.9. The molecule has 0 unspecified atom stereocenters. The number of amides is 1. The summed E-state index contributed by atoms with van der Waals surface area (Å²) in [7, 11) is 0. The molecular weight excluding hydrogens is 296 g/mol. The summed E-state index contributed by atoms with van der Waals surface area (Å²) in [6.45, 7) is 6.42. The highest BCUT2D eigenvalue weighted by atomic mass is 32.2. The molecule has 0 aromatic heterocycles. The summed E-state index contributed by atoms with van der Waals surface area (Å²) in [4.78, 5) is 15.3. The first-order chi connectivity index (χ1) is 9.66. The molecule has 2 aliphatic rings. The minimum absolute atomic E-state index is 0.0615. The third-order valence-electron chi connectivity index (χ3n) is 3.46. The number of piperazine rings is 1. The van der Waals surface area contributed by atoms with Crippen LogP contribution in [-0.2, 0) is 14.3 Å². The van der Waals surface area contributed by atoms with Gasteiger partial charge < -0.3 is 19.3 Å². The lowest BCUT2D eigenvalue weighted by atomic mass is 10.3. The highest BCUT2D eigenvalue weighted by Gasteiger charge is 2.21. The van der Waals surface area contributed by atoms with E-state index in [4.69, 9.17) is 21.7 Å². The Bertz CT molecular complexity index is 341. The summed E-state index contributed by atoms with van der Waals surface area (Å²) in [5.74, 6) is 1.06. The van der Waals surface area contributed by atoms with Gasteiger partial charge in [-0.15, -0.1) is 0 Å². The van der Waals surface area contributed by atoms with E-state index >= 15 is 0 Å². The maximum absolute atomic E-state index is 11.3. The van der Waals surface area contributed by atoms with E-state index in [1.807, 2.05) is 4.90 Å². The van der Waals surface area contributed by atoms with E-state index in [2.05, 4.69) is 4.90 Å². The lowest BCUT2D eigenvalue weighted by Crippen LogP contribution is -2.49. The minimum Gasteiger partial charge on any atom is -0.354 e. The van der Waals surface area contributed by atoms with Crippen molar-refractivity contribution in [2.75, 3.05) is 45.1 Å². The predicted octanol–water partition coefficient (Wildman–Crippen LogP) is 1.32. The van der Waals surface area contributed by atoms with Crippen molar-refractivity contribution in [3.05, 3.63) is 0 Å². The minimum atomic E-state index is -0.0615. The molecule has 20 heavy (non-hydrogen) atoms. The lowest BCUT2D eigenvalue weighted by molar-refractivity contribution is -0.178. The standard InChI is InChI=1S/C13H22N2O3S2/c1-11(16)14-4-6-15(7-5-14)13(19)20-10-3-12-17-8-2-9-18-12/h12H,2-10H2,1H3. The molecule has 2 rings (SSSR count). The van der Waals surface area contributed by atoms with Crippen LogP contribution in [0.4, 0.5) is 0 Å². The maximum Gasteiger partial charge on any atom is 0.219 e. The number of rotatable bonds is 3. The second kappa shape index (κ2) is 8.17. The van der Waals surface area contributed by atoms with Crippen molar-refractivity contribution in [1.82, 2.24) is 9.80 Å². The van der Waals surface area contributed by atoms with Crippen LogP contribution in [0.5, 0.6) is 0 Å². The third kappa shape index (κ3) is 4.87. The fraction of sp³-hybridized carbons (Fsp3) is 0.846. The fourth-order valence-corrected chi connectivity index (χ4v) is 3.52. The monoisotopic (exact) mass is 318 g/mol. The summed E-state index contributed by atoms with van der Waals surface area (Å²) in [6, 6.07) is 0. The van der Waals surface area contributed by atoms with E-state index in [1.165, 1.54) is 0 Å². The van der Waals surface area contributed by atoms with E-state index in [1.54, 1.807) is 18.7 Å². The normalized spacial score (nSPS) is 21.1. The van der Waals surface area contributed by atoms with Gasteiger partial charge in [0.15, 0.2) is 6.29 Å². The Morgan fingerprint density at radius 2 is 1.80 bits per heavy atom. The van der Waals surface area contributed by atoms with Crippen molar-refractivity contribution in [1.29, 1.82) is 0 Å². The molecule has 0 aliphatic carbocycles. The Morgan fingerprint density at radius 1 is 1.20 bits per heavy atom. The first-order valence-corrected chi connectivity index (χ1v) is 8.46. The Hall–Kier alpha value is -0.370. The molecule has 0 aromatic carbocycles. The lowest BCUT2D eigenvalue weighted by Gasteiger charge is -2.35. The Labute approximate surface area is 129 Å². The van der Waals surface area contributed by atoms with Crippen LogP contribution in [0.1, 0.15) is 19.8 Å². The van der Waals surface area contributed by atoms with Gasteiger partial charge in [0.2, 0.25) is 5.91 Å². The van der Waals surface area contributed by atoms with Gasteiger partial charge in [0.25, 0.3) is 0 Å². The first-order valence-electron chi connectivity index (χ1n) is 7.07. The fourth-order valence-electron chi connectivity index (χ4n) is 2.24. The van der Waals surface area contributed by atoms with Gasteiger partial charge in [0.1, 0.15) is 4.32 Å². The molecule has 0 radical (unpaired) electrons. The Balaban J connectivity index is 1.61. The molecule has 114 valence electrons. The van der Waals surface area contributed by atoms with Crippen molar-refractivity contribution in [2.45, 2.75) is 26.1 Å². The number of thiocarbonyl (C=S) groups is 1. The average Bonchev–Trinajstić information content (AvgIpc) is 2.48. The zero-order valence-corrected chi connectivity index (χ0v) is 13.5. The summed E-state index contributed by atoms with van der Waals surface area (Å²) in [6.07, 6.45) is 1.80. The third-order valence-corrected chi connectivity index (χ3v) is 5.02. The SMILES string of the molecule is CC(=O)N1CCN(C(=S)SCCC2OCCCO2)CC1. The largest absolute Gasteiger partial charge is 0.354 e. The molecule has 2 aliphatic heterocycles. The van der Waals surface area contributed by atoms with E-state index in [-0.39, 0.29) is 12.2 Å². The van der Waals surface area contributed by atoms with Crippen LogP contribution in [0.15, 0.2) is 0 Å². The summed E-state index contributed by atoms with van der Waals surface area (Å²) in [5, 5.41) is 0. The van der Waals surface area contributed by atoms with Gasteiger partial charge in [0, 0.05) is 45.3 Å². The van der Waals surface area contributed by atoms with Crippen LogP contribution in [0.3, 0.4) is 0 Å². The van der Waals surface area contributed by atoms with Gasteiger partial charge in [-0.1, -0.05) is 24.0 Å². The highest BCUT2D eigenvalue weighted by molar-refractivity contribution is 8.22. The molecule has 0 spiro atoms. The topological polar surface area (TPSA) is 42.0 Å². The molecular formula is C13H22N2O3S2. The maximum atomic E-state index is 11.3. The number of hydrogen-bond acceptors (Lipinski definition) is 5. The van der Waals surface area contributed by atoms with Crippen molar-refractivity contribution >= 4 is 34.2 Å². The molecule has 2 heterocycles. The second-order valence-electron chi connectivity index (χ2n) is 4.92. The van der Waals surface area contributed by atoms with Gasteiger partial charge in [-0.25, -0.2) is 0 Å². The number of ether oxygens (including phenoxy) is 2. The van der Waals surface area contributed by atoms with Gasteiger partial charge in [-0.05, 0) is 6.42 Å². The Morgan fingerprint density at radius 3 is 2.40 bits per heavy atom. The van der Waals surface area contributed by atoms with Crippen LogP contribution < -0.4 is 0 Å². The Kier molecular flexibility index (Phi) is 6.54. The van der Waals surface area contributed by atoms with E-state index < -0.39 is 0 Å². The predicted molar refractivity (Wildman–Crippen MR) is 83.8 cm³/mol. The average molecular weight is 318 g/mol. The van der Waals surface area contributed by atoms with Crippen molar-refractivity contribution < 1.29 is 14.3 Å². The van der Waals surface area contributed by atoms with E-state index in [0.717, 1.165) is 62.3 Å². The van der Waals surface area contributed by atoms with Crippen molar-refractivity contribution in [3.63, 3.8) is 0 Å². The number of hydrogen-bond donors (Lipinski definition) is 0. The van der Waals surface area contributed by atoms with Gasteiger partial charge >= 0.3 is 0 Å². The molecule has 5 nitrogen and oxygen atoms in total. The van der Waals surface area contributed by atoms with E-state index in [9.17, 15) is 4.79 Å². The first kappa shape index (κ1) is 16.0. The smallest absolute Gasteiger partial charge is 0.219 e. The number of nitrogens with zero attached hydrogens (tertiary/aromatic N) is 2. The summed E-state index contributed by atoms with van der Waals surface area (Å²) in [5.41, 5.74) is 0. The second-order valence-corrected chi connectivity index (χ2v) is 6.65. The summed E-state index contributed by atoms with van der Waals surface area (Å²) < 4.78 is 11.9. The zero-order chi connectivity index (χ0) is 14.4. The molecule has 2 fully saturated rings. The van der Waals surface area contributed by atoms with Crippen LogP contribution >= 0.6 is 24.0 Å². The number of thioether (sulfide) groups is 1. The van der Waals surface area contributed by atoms with Gasteiger partial charge in [-0.2, -0.15) is 0 Å². The van der Waals surface area contributed by atoms with Crippen molar-refractivity contribution in [2.24, 2.45) is 0 Å². The van der Waals surface area contributed by atoms with Gasteiger partial charge in [-0.3, -0.25) is 4.79 Å². The molecule has 0 bridgehead atoms. The van der Waals surface area contributed by atoms with Gasteiger partial charge in [0.05, 0.1) is 13.2 Å². The molecule has 0 saturated carbocycles. The molecule has 2 saturated heterocycles. The van der Waals surface area contributed by atoms with Crippen molar-refractivity contribution in [3.8, 4) is 0 Å². The van der Waals surface area contributed by atoms with Crippen LogP contribution in [0.2, 0.25) is 0 Å².